The summed E-state index contributed by atoms with van der Waals surface area (Å²) in [6.07, 6.45) is 0.587. The number of sulfonamides is 1. The molecule has 2 heterocycles. The van der Waals surface area contributed by atoms with E-state index >= 15 is 0 Å². The lowest BCUT2D eigenvalue weighted by Crippen LogP contribution is -2.23. The molecule has 0 saturated heterocycles. The predicted octanol–water partition coefficient (Wildman–Crippen LogP) is 4.37. The summed E-state index contributed by atoms with van der Waals surface area (Å²) in [7, 11) is -3.94. The lowest BCUT2D eigenvalue weighted by Gasteiger charge is -2.14. The van der Waals surface area contributed by atoms with Gasteiger partial charge in [-0.2, -0.15) is 0 Å². The highest BCUT2D eigenvalue weighted by molar-refractivity contribution is 7.92. The Morgan fingerprint density at radius 3 is 2.38 bits per heavy atom. The van der Waals surface area contributed by atoms with E-state index in [-0.39, 0.29) is 16.4 Å². The van der Waals surface area contributed by atoms with Crippen LogP contribution < -0.4 is 20.8 Å². The van der Waals surface area contributed by atoms with Gasteiger partial charge in [0, 0.05) is 12.1 Å². The van der Waals surface area contributed by atoms with Crippen molar-refractivity contribution in [2.75, 3.05) is 17.1 Å². The van der Waals surface area contributed by atoms with E-state index in [0.717, 1.165) is 5.56 Å². The van der Waals surface area contributed by atoms with Crippen molar-refractivity contribution < 1.29 is 13.2 Å². The zero-order chi connectivity index (χ0) is 25.6. The molecule has 8 nitrogen and oxygen atoms in total. The molecule has 0 bridgehead atoms. The molecule has 184 valence electrons. The third-order valence-corrected chi connectivity index (χ3v) is 7.69. The predicted molar refractivity (Wildman–Crippen MR) is 144 cm³/mol. The van der Waals surface area contributed by atoms with Gasteiger partial charge in [0.05, 0.1) is 23.2 Å². The molecule has 4 aromatic carbocycles. The Kier molecular flexibility index (Phi) is 5.42. The molecule has 37 heavy (non-hydrogen) atoms. The zero-order valence-corrected chi connectivity index (χ0v) is 20.4. The number of nitrogens with one attached hydrogen (secondary N) is 1. The Labute approximate surface area is 213 Å². The molecule has 0 atom stereocenters. The summed E-state index contributed by atoms with van der Waals surface area (Å²) in [4.78, 5) is 17.9. The van der Waals surface area contributed by atoms with Crippen molar-refractivity contribution in [1.82, 2.24) is 9.55 Å². The maximum atomic E-state index is 13.5. The van der Waals surface area contributed by atoms with Crippen LogP contribution in [0.5, 0.6) is 5.75 Å². The van der Waals surface area contributed by atoms with Gasteiger partial charge in [-0.1, -0.05) is 42.5 Å². The van der Waals surface area contributed by atoms with Gasteiger partial charge in [-0.25, -0.2) is 18.0 Å². The summed E-state index contributed by atoms with van der Waals surface area (Å²) < 4.78 is 36.5. The van der Waals surface area contributed by atoms with Crippen molar-refractivity contribution in [3.8, 4) is 22.6 Å². The second-order valence-corrected chi connectivity index (χ2v) is 10.4. The first-order valence-corrected chi connectivity index (χ1v) is 13.1. The first-order chi connectivity index (χ1) is 17.9. The van der Waals surface area contributed by atoms with Gasteiger partial charge >= 0.3 is 0 Å². The fraction of sp³-hybridized carbons (Fsp3) is 0.0714. The van der Waals surface area contributed by atoms with E-state index in [2.05, 4.69) is 9.71 Å². The van der Waals surface area contributed by atoms with E-state index in [9.17, 15) is 13.2 Å². The summed E-state index contributed by atoms with van der Waals surface area (Å²) >= 11 is 0. The van der Waals surface area contributed by atoms with Crippen LogP contribution in [0.15, 0.2) is 101 Å². The van der Waals surface area contributed by atoms with Gasteiger partial charge in [0.2, 0.25) is 5.95 Å². The maximum absolute atomic E-state index is 13.5. The normalized spacial score (nSPS) is 12.8. The number of benzene rings is 4. The molecular weight excluding hydrogens is 488 g/mol. The van der Waals surface area contributed by atoms with Crippen LogP contribution in [0.1, 0.15) is 5.56 Å². The molecule has 0 saturated carbocycles. The number of ether oxygens (including phenoxy) is 1. The number of para-hydroxylation sites is 2. The SMILES string of the molecule is Nc1nc2ccc(-c3cc4c(c(S(=O)(=O)Nc5ccccc5)c3)OCC4)cc2c(=O)n1-c1ccccc1. The van der Waals surface area contributed by atoms with Crippen LogP contribution in [0, 0.1) is 0 Å². The van der Waals surface area contributed by atoms with E-state index in [1.54, 1.807) is 60.7 Å². The van der Waals surface area contributed by atoms with Crippen molar-refractivity contribution in [2.45, 2.75) is 11.3 Å². The fourth-order valence-corrected chi connectivity index (χ4v) is 5.84. The Morgan fingerprint density at radius 1 is 0.892 bits per heavy atom. The van der Waals surface area contributed by atoms with E-state index in [1.165, 1.54) is 4.57 Å². The minimum atomic E-state index is -3.94. The molecule has 0 spiro atoms. The number of hydrogen-bond acceptors (Lipinski definition) is 6. The molecule has 0 aliphatic carbocycles. The monoisotopic (exact) mass is 510 g/mol. The smallest absolute Gasteiger partial charge is 0.267 e. The van der Waals surface area contributed by atoms with E-state index < -0.39 is 10.0 Å². The third-order valence-electron chi connectivity index (χ3n) is 6.31. The Bertz CT molecular complexity index is 1820. The number of nitrogens with zero attached hydrogens (tertiary/aromatic N) is 2. The molecule has 0 fully saturated rings. The minimum absolute atomic E-state index is 0.0542. The second kappa shape index (κ2) is 8.79. The molecule has 0 radical (unpaired) electrons. The van der Waals surface area contributed by atoms with Crippen molar-refractivity contribution in [1.29, 1.82) is 0 Å². The van der Waals surface area contributed by atoms with Crippen molar-refractivity contribution in [2.24, 2.45) is 0 Å². The number of nitrogens with two attached hydrogens (primary N) is 1. The van der Waals surface area contributed by atoms with Gasteiger partial charge in [-0.3, -0.25) is 9.52 Å². The Hall–Kier alpha value is -4.63. The summed E-state index contributed by atoms with van der Waals surface area (Å²) in [6.45, 7) is 0.398. The van der Waals surface area contributed by atoms with Crippen LogP contribution in [0.2, 0.25) is 0 Å². The van der Waals surface area contributed by atoms with E-state index in [4.69, 9.17) is 10.5 Å². The molecule has 1 aliphatic rings. The number of anilines is 2. The number of nitrogen functional groups attached to an aromatic ring is 1. The Morgan fingerprint density at radius 2 is 1.62 bits per heavy atom. The second-order valence-electron chi connectivity index (χ2n) is 8.71. The lowest BCUT2D eigenvalue weighted by molar-refractivity contribution is 0.348. The maximum Gasteiger partial charge on any atom is 0.267 e. The van der Waals surface area contributed by atoms with Gasteiger partial charge in [0.1, 0.15) is 10.6 Å². The highest BCUT2D eigenvalue weighted by Crippen LogP contribution is 2.38. The van der Waals surface area contributed by atoms with E-state index in [1.807, 2.05) is 30.3 Å². The average Bonchev–Trinajstić information content (AvgIpc) is 3.38. The van der Waals surface area contributed by atoms with Crippen molar-refractivity contribution in [3.05, 3.63) is 107 Å². The Balaban J connectivity index is 1.50. The van der Waals surface area contributed by atoms with Gasteiger partial charge < -0.3 is 10.5 Å². The van der Waals surface area contributed by atoms with Gasteiger partial charge in [0.15, 0.2) is 0 Å². The molecular formula is C28H22N4O4S. The largest absolute Gasteiger partial charge is 0.492 e. The van der Waals surface area contributed by atoms with Crippen LogP contribution in [0.4, 0.5) is 11.6 Å². The van der Waals surface area contributed by atoms with Crippen LogP contribution >= 0.6 is 0 Å². The molecule has 0 amide bonds. The molecule has 1 aromatic heterocycles. The van der Waals surface area contributed by atoms with Gasteiger partial charge in [0.25, 0.3) is 15.6 Å². The standard InChI is InChI=1S/C28H22N4O4S/c29-28-30-24-12-11-18(16-23(24)27(33)32(28)22-9-5-2-6-10-22)20-15-19-13-14-36-26(19)25(17-20)37(34,35)31-21-7-3-1-4-8-21/h1-12,15-17,31H,13-14H2,(H2,29,30). The van der Waals surface area contributed by atoms with E-state index in [0.29, 0.717) is 52.2 Å². The fourth-order valence-electron chi connectivity index (χ4n) is 4.56. The number of rotatable bonds is 5. The highest BCUT2D eigenvalue weighted by atomic mass is 32.2. The van der Waals surface area contributed by atoms with Crippen molar-refractivity contribution in [3.63, 3.8) is 0 Å². The van der Waals surface area contributed by atoms with Crippen molar-refractivity contribution >= 4 is 32.6 Å². The zero-order valence-electron chi connectivity index (χ0n) is 19.6. The highest BCUT2D eigenvalue weighted by Gasteiger charge is 2.27. The summed E-state index contributed by atoms with van der Waals surface area (Å²) in [5.74, 6) is 0.445. The summed E-state index contributed by atoms with van der Waals surface area (Å²) in [5.41, 5.74) is 9.47. The summed E-state index contributed by atoms with van der Waals surface area (Å²) in [5, 5.41) is 0.374. The molecule has 3 N–H and O–H groups in total. The molecule has 1 aliphatic heterocycles. The number of aromatic nitrogens is 2. The molecule has 0 unspecified atom stereocenters. The van der Waals surface area contributed by atoms with Gasteiger partial charge in [-0.05, 0) is 65.2 Å². The quantitative estimate of drug-likeness (QED) is 0.363. The number of hydrogen-bond donors (Lipinski definition) is 2. The third kappa shape index (κ3) is 4.09. The first kappa shape index (κ1) is 22.8. The first-order valence-electron chi connectivity index (χ1n) is 11.7. The molecule has 9 heteroatoms. The molecule has 6 rings (SSSR count). The van der Waals surface area contributed by atoms with Crippen LogP contribution in [0.25, 0.3) is 27.7 Å². The summed E-state index contributed by atoms with van der Waals surface area (Å²) in [6, 6.07) is 26.5. The number of fused-ring (bicyclic) bond motifs is 2. The van der Waals surface area contributed by atoms with Crippen LogP contribution in [-0.2, 0) is 16.4 Å². The average molecular weight is 511 g/mol. The molecule has 5 aromatic rings. The van der Waals surface area contributed by atoms with Crippen LogP contribution in [0.3, 0.4) is 0 Å². The van der Waals surface area contributed by atoms with Gasteiger partial charge in [-0.15, -0.1) is 0 Å². The lowest BCUT2D eigenvalue weighted by atomic mass is 10.0. The topological polar surface area (TPSA) is 116 Å². The minimum Gasteiger partial charge on any atom is -0.492 e. The van der Waals surface area contributed by atoms with Crippen LogP contribution in [-0.4, -0.2) is 24.6 Å².